The maximum atomic E-state index is 13.0. The topological polar surface area (TPSA) is 34.9 Å². The summed E-state index contributed by atoms with van der Waals surface area (Å²) in [5.41, 5.74) is 1.16. The highest BCUT2D eigenvalue weighted by atomic mass is 19.2. The molecule has 0 spiro atoms. The van der Waals surface area contributed by atoms with Crippen LogP contribution in [0.15, 0.2) is 35.1 Å². The van der Waals surface area contributed by atoms with Gasteiger partial charge in [-0.2, -0.15) is 5.10 Å². The molecule has 0 radical (unpaired) electrons. The van der Waals surface area contributed by atoms with Gasteiger partial charge in [0.25, 0.3) is 5.56 Å². The molecule has 1 heterocycles. The quantitative estimate of drug-likeness (QED) is 0.835. The second kappa shape index (κ2) is 5.08. The van der Waals surface area contributed by atoms with E-state index in [4.69, 9.17) is 0 Å². The summed E-state index contributed by atoms with van der Waals surface area (Å²) in [6, 6.07) is 6.79. The zero-order chi connectivity index (χ0) is 13.1. The van der Waals surface area contributed by atoms with Crippen LogP contribution >= 0.6 is 0 Å². The number of benzene rings is 1. The Balaban J connectivity index is 2.13. The Bertz CT molecular complexity index is 623. The Morgan fingerprint density at radius 3 is 2.67 bits per heavy atom. The van der Waals surface area contributed by atoms with E-state index in [0.29, 0.717) is 18.5 Å². The molecule has 5 heteroatoms. The molecule has 2 rings (SSSR count). The van der Waals surface area contributed by atoms with Crippen molar-refractivity contribution >= 4 is 0 Å². The first-order valence-electron chi connectivity index (χ1n) is 5.55. The van der Waals surface area contributed by atoms with E-state index in [-0.39, 0.29) is 5.56 Å². The maximum absolute atomic E-state index is 13.0. The molecule has 0 saturated carbocycles. The van der Waals surface area contributed by atoms with Gasteiger partial charge >= 0.3 is 0 Å². The SMILES string of the molecule is Cc1ccc(=O)n(CCc2ccc(F)c(F)c2)n1. The summed E-state index contributed by atoms with van der Waals surface area (Å²) < 4.78 is 27.0. The Morgan fingerprint density at radius 2 is 1.94 bits per heavy atom. The van der Waals surface area contributed by atoms with Gasteiger partial charge in [-0.3, -0.25) is 4.79 Å². The van der Waals surface area contributed by atoms with Crippen LogP contribution in [0.2, 0.25) is 0 Å². The first kappa shape index (κ1) is 12.4. The summed E-state index contributed by atoms with van der Waals surface area (Å²) in [6.45, 7) is 2.12. The molecule has 0 N–H and O–H groups in total. The van der Waals surface area contributed by atoms with E-state index in [1.807, 2.05) is 0 Å². The zero-order valence-electron chi connectivity index (χ0n) is 9.86. The van der Waals surface area contributed by atoms with E-state index < -0.39 is 11.6 Å². The fraction of sp³-hybridized carbons (Fsp3) is 0.231. The molecule has 2 aromatic rings. The van der Waals surface area contributed by atoms with Gasteiger partial charge in [0.15, 0.2) is 11.6 Å². The number of aromatic nitrogens is 2. The lowest BCUT2D eigenvalue weighted by molar-refractivity contribution is 0.505. The molecule has 3 nitrogen and oxygen atoms in total. The maximum Gasteiger partial charge on any atom is 0.266 e. The molecule has 0 aliphatic rings. The van der Waals surface area contributed by atoms with Crippen LogP contribution in [0.3, 0.4) is 0 Å². The molecular formula is C13H12F2N2O. The minimum absolute atomic E-state index is 0.205. The average molecular weight is 250 g/mol. The second-order valence-electron chi connectivity index (χ2n) is 4.03. The highest BCUT2D eigenvalue weighted by Crippen LogP contribution is 2.09. The highest BCUT2D eigenvalue weighted by molar-refractivity contribution is 5.17. The van der Waals surface area contributed by atoms with Crippen molar-refractivity contribution in [2.45, 2.75) is 19.9 Å². The largest absolute Gasteiger partial charge is 0.268 e. The van der Waals surface area contributed by atoms with E-state index >= 15 is 0 Å². The van der Waals surface area contributed by atoms with Gasteiger partial charge in [0.1, 0.15) is 0 Å². The molecule has 0 saturated heterocycles. The monoisotopic (exact) mass is 250 g/mol. The lowest BCUT2D eigenvalue weighted by Gasteiger charge is -2.05. The van der Waals surface area contributed by atoms with Gasteiger partial charge in [0.2, 0.25) is 0 Å². The molecule has 1 aromatic heterocycles. The van der Waals surface area contributed by atoms with Crippen LogP contribution in [0.25, 0.3) is 0 Å². The van der Waals surface area contributed by atoms with Crippen LogP contribution in [0.1, 0.15) is 11.3 Å². The fourth-order valence-electron chi connectivity index (χ4n) is 1.64. The smallest absolute Gasteiger partial charge is 0.266 e. The van der Waals surface area contributed by atoms with Crippen LogP contribution in [0, 0.1) is 18.6 Å². The zero-order valence-corrected chi connectivity index (χ0v) is 9.86. The van der Waals surface area contributed by atoms with Gasteiger partial charge in [-0.15, -0.1) is 0 Å². The van der Waals surface area contributed by atoms with E-state index in [0.717, 1.165) is 17.8 Å². The van der Waals surface area contributed by atoms with Crippen LogP contribution in [0.4, 0.5) is 8.78 Å². The third kappa shape index (κ3) is 2.80. The minimum Gasteiger partial charge on any atom is -0.268 e. The predicted octanol–water partition coefficient (Wildman–Crippen LogP) is 2.07. The lowest BCUT2D eigenvalue weighted by Crippen LogP contribution is -2.23. The average Bonchev–Trinajstić information content (AvgIpc) is 2.34. The Kier molecular flexibility index (Phi) is 3.50. The van der Waals surface area contributed by atoms with Crippen molar-refractivity contribution in [1.29, 1.82) is 0 Å². The molecular weight excluding hydrogens is 238 g/mol. The predicted molar refractivity (Wildman–Crippen MR) is 63.3 cm³/mol. The van der Waals surface area contributed by atoms with Crippen LogP contribution in [0.5, 0.6) is 0 Å². The summed E-state index contributed by atoms with van der Waals surface area (Å²) >= 11 is 0. The Hall–Kier alpha value is -2.04. The Morgan fingerprint density at radius 1 is 1.17 bits per heavy atom. The van der Waals surface area contributed by atoms with Crippen molar-refractivity contribution in [3.63, 3.8) is 0 Å². The highest BCUT2D eigenvalue weighted by Gasteiger charge is 2.04. The first-order chi connectivity index (χ1) is 8.56. The third-order valence-electron chi connectivity index (χ3n) is 2.60. The molecule has 0 atom stereocenters. The van der Waals surface area contributed by atoms with Crippen molar-refractivity contribution in [3.8, 4) is 0 Å². The van der Waals surface area contributed by atoms with Gasteiger partial charge in [0, 0.05) is 12.6 Å². The first-order valence-corrected chi connectivity index (χ1v) is 5.55. The lowest BCUT2D eigenvalue weighted by atomic mass is 10.1. The standard InChI is InChI=1S/C13H12F2N2O/c1-9-2-5-13(18)17(16-9)7-6-10-3-4-11(14)12(15)8-10/h2-5,8H,6-7H2,1H3. The molecule has 0 aliphatic heterocycles. The molecule has 94 valence electrons. The normalized spacial score (nSPS) is 10.6. The van der Waals surface area contributed by atoms with Crippen molar-refractivity contribution in [1.82, 2.24) is 9.78 Å². The van der Waals surface area contributed by atoms with Crippen LogP contribution in [-0.2, 0) is 13.0 Å². The van der Waals surface area contributed by atoms with Crippen molar-refractivity contribution in [3.05, 3.63) is 63.6 Å². The molecule has 0 aliphatic carbocycles. The third-order valence-corrected chi connectivity index (χ3v) is 2.60. The molecule has 0 unspecified atom stereocenters. The van der Waals surface area contributed by atoms with Gasteiger partial charge in [0.05, 0.1) is 5.69 Å². The number of hydrogen-bond donors (Lipinski definition) is 0. The molecule has 1 aromatic carbocycles. The summed E-state index contributed by atoms with van der Waals surface area (Å²) in [5.74, 6) is -1.75. The number of rotatable bonds is 3. The fourth-order valence-corrected chi connectivity index (χ4v) is 1.64. The summed E-state index contributed by atoms with van der Waals surface area (Å²) in [7, 11) is 0. The van der Waals surface area contributed by atoms with E-state index in [9.17, 15) is 13.6 Å². The van der Waals surface area contributed by atoms with Gasteiger partial charge in [-0.25, -0.2) is 13.5 Å². The number of nitrogens with zero attached hydrogens (tertiary/aromatic N) is 2. The number of hydrogen-bond acceptors (Lipinski definition) is 2. The van der Waals surface area contributed by atoms with Gasteiger partial charge < -0.3 is 0 Å². The van der Waals surface area contributed by atoms with E-state index in [1.54, 1.807) is 13.0 Å². The van der Waals surface area contributed by atoms with Crippen molar-refractivity contribution < 1.29 is 8.78 Å². The van der Waals surface area contributed by atoms with Crippen LogP contribution < -0.4 is 5.56 Å². The number of halogens is 2. The minimum atomic E-state index is -0.878. The molecule has 18 heavy (non-hydrogen) atoms. The molecule has 0 amide bonds. The number of aryl methyl sites for hydroxylation is 3. The van der Waals surface area contributed by atoms with E-state index in [2.05, 4.69) is 5.10 Å². The van der Waals surface area contributed by atoms with Crippen LogP contribution in [-0.4, -0.2) is 9.78 Å². The van der Waals surface area contributed by atoms with E-state index in [1.165, 1.54) is 16.8 Å². The van der Waals surface area contributed by atoms with Crippen molar-refractivity contribution in [2.75, 3.05) is 0 Å². The Labute approximate surface area is 103 Å². The summed E-state index contributed by atoms with van der Waals surface area (Å²) in [5, 5.41) is 4.06. The van der Waals surface area contributed by atoms with Crippen molar-refractivity contribution in [2.24, 2.45) is 0 Å². The second-order valence-corrected chi connectivity index (χ2v) is 4.03. The van der Waals surface area contributed by atoms with Gasteiger partial charge in [-0.05, 0) is 37.1 Å². The summed E-state index contributed by atoms with van der Waals surface area (Å²) in [4.78, 5) is 11.5. The molecule has 0 bridgehead atoms. The summed E-state index contributed by atoms with van der Waals surface area (Å²) in [6.07, 6.45) is 0.424. The molecule has 0 fully saturated rings. The van der Waals surface area contributed by atoms with Gasteiger partial charge in [-0.1, -0.05) is 6.07 Å².